The lowest BCUT2D eigenvalue weighted by molar-refractivity contribution is -0.163. The van der Waals surface area contributed by atoms with Crippen molar-refractivity contribution in [2.45, 2.75) is 25.6 Å². The molecule has 1 unspecified atom stereocenters. The van der Waals surface area contributed by atoms with Crippen LogP contribution in [0.4, 0.5) is 0 Å². The first-order valence-corrected chi connectivity index (χ1v) is 6.64. The zero-order valence-electron chi connectivity index (χ0n) is 12.1. The minimum absolute atomic E-state index is 0.0799. The Hall–Kier alpha value is -1.66. The van der Waals surface area contributed by atoms with Gasteiger partial charge < -0.3 is 14.7 Å². The van der Waals surface area contributed by atoms with Gasteiger partial charge in [0.1, 0.15) is 0 Å². The van der Waals surface area contributed by atoms with Gasteiger partial charge in [-0.05, 0) is 19.9 Å². The van der Waals surface area contributed by atoms with Crippen LogP contribution in [-0.4, -0.2) is 57.1 Å². The van der Waals surface area contributed by atoms with Gasteiger partial charge in [-0.25, -0.2) is 0 Å². The second-order valence-electron chi connectivity index (χ2n) is 5.68. The van der Waals surface area contributed by atoms with E-state index >= 15 is 0 Å². The molecule has 1 saturated heterocycles. The van der Waals surface area contributed by atoms with Gasteiger partial charge in [0.15, 0.2) is 0 Å². The van der Waals surface area contributed by atoms with Gasteiger partial charge in [-0.3, -0.25) is 9.48 Å². The highest BCUT2D eigenvalue weighted by Crippen LogP contribution is 2.21. The molecule has 1 aromatic rings. The topological polar surface area (TPSA) is 67.6 Å². The third-order valence-electron chi connectivity index (χ3n) is 3.14. The van der Waals surface area contributed by atoms with E-state index in [-0.39, 0.29) is 18.6 Å². The SMILES string of the molecule is Cn1cc(/C=C/C(=O)N2CC(CO)OC(C)(C)C2)cn1. The number of aryl methyl sites for hydroxylation is 1. The molecule has 0 aliphatic carbocycles. The number of aliphatic hydroxyl groups is 1. The second-order valence-corrected chi connectivity index (χ2v) is 5.68. The van der Waals surface area contributed by atoms with Crippen LogP contribution >= 0.6 is 0 Å². The number of aliphatic hydroxyl groups excluding tert-OH is 1. The normalized spacial score (nSPS) is 22.4. The van der Waals surface area contributed by atoms with E-state index in [0.717, 1.165) is 5.56 Å². The van der Waals surface area contributed by atoms with Crippen molar-refractivity contribution in [3.63, 3.8) is 0 Å². The Bertz CT molecular complexity index is 508. The van der Waals surface area contributed by atoms with Gasteiger partial charge in [-0.15, -0.1) is 0 Å². The summed E-state index contributed by atoms with van der Waals surface area (Å²) in [5.41, 5.74) is 0.441. The van der Waals surface area contributed by atoms with E-state index in [9.17, 15) is 9.90 Å². The highest BCUT2D eigenvalue weighted by Gasteiger charge is 2.34. The molecule has 1 aliphatic rings. The van der Waals surface area contributed by atoms with Crippen molar-refractivity contribution >= 4 is 12.0 Å². The van der Waals surface area contributed by atoms with Gasteiger partial charge in [0.25, 0.3) is 0 Å². The molecule has 6 heteroatoms. The lowest BCUT2D eigenvalue weighted by Gasteiger charge is -2.41. The Morgan fingerprint density at radius 2 is 2.40 bits per heavy atom. The van der Waals surface area contributed by atoms with Gasteiger partial charge in [-0.1, -0.05) is 0 Å². The molecular formula is C14H21N3O3. The van der Waals surface area contributed by atoms with Crippen LogP contribution in [0.2, 0.25) is 0 Å². The van der Waals surface area contributed by atoms with E-state index < -0.39 is 5.60 Å². The van der Waals surface area contributed by atoms with Crippen LogP contribution in [0.1, 0.15) is 19.4 Å². The summed E-state index contributed by atoms with van der Waals surface area (Å²) in [5, 5.41) is 13.3. The number of morpholine rings is 1. The molecule has 0 spiro atoms. The maximum Gasteiger partial charge on any atom is 0.246 e. The number of amides is 1. The Morgan fingerprint density at radius 1 is 1.65 bits per heavy atom. The van der Waals surface area contributed by atoms with Crippen molar-refractivity contribution < 1.29 is 14.6 Å². The molecule has 0 bridgehead atoms. The summed E-state index contributed by atoms with van der Waals surface area (Å²) in [6.07, 6.45) is 6.49. The Balaban J connectivity index is 2.02. The number of hydrogen-bond acceptors (Lipinski definition) is 4. The van der Waals surface area contributed by atoms with Gasteiger partial charge in [0.2, 0.25) is 5.91 Å². The molecule has 1 aromatic heterocycles. The molecule has 20 heavy (non-hydrogen) atoms. The monoisotopic (exact) mass is 279 g/mol. The molecule has 0 saturated carbocycles. The maximum atomic E-state index is 12.2. The van der Waals surface area contributed by atoms with Crippen LogP contribution in [0.15, 0.2) is 18.5 Å². The summed E-state index contributed by atoms with van der Waals surface area (Å²) in [5.74, 6) is -0.0799. The molecule has 6 nitrogen and oxygen atoms in total. The fourth-order valence-electron chi connectivity index (χ4n) is 2.36. The molecule has 1 N–H and O–H groups in total. The zero-order valence-corrected chi connectivity index (χ0v) is 12.1. The molecule has 1 amide bonds. The van der Waals surface area contributed by atoms with Crippen molar-refractivity contribution in [3.8, 4) is 0 Å². The minimum atomic E-state index is -0.441. The first kappa shape index (κ1) is 14.7. The van der Waals surface area contributed by atoms with Crippen molar-refractivity contribution in [2.75, 3.05) is 19.7 Å². The summed E-state index contributed by atoms with van der Waals surface area (Å²) in [6, 6.07) is 0. The number of rotatable bonds is 3. The van der Waals surface area contributed by atoms with E-state index in [4.69, 9.17) is 4.74 Å². The molecule has 0 radical (unpaired) electrons. The highest BCUT2D eigenvalue weighted by molar-refractivity contribution is 5.91. The van der Waals surface area contributed by atoms with E-state index in [1.165, 1.54) is 6.08 Å². The fourth-order valence-corrected chi connectivity index (χ4v) is 2.36. The fraction of sp³-hybridized carbons (Fsp3) is 0.571. The van der Waals surface area contributed by atoms with E-state index in [0.29, 0.717) is 13.1 Å². The number of hydrogen-bond donors (Lipinski definition) is 1. The molecule has 1 aliphatic heterocycles. The van der Waals surface area contributed by atoms with Gasteiger partial charge in [0, 0.05) is 38.0 Å². The summed E-state index contributed by atoms with van der Waals surface area (Å²) in [7, 11) is 1.83. The summed E-state index contributed by atoms with van der Waals surface area (Å²) >= 11 is 0. The summed E-state index contributed by atoms with van der Waals surface area (Å²) in [6.45, 7) is 4.68. The Labute approximate surface area is 118 Å². The van der Waals surface area contributed by atoms with Crippen LogP contribution in [0.5, 0.6) is 0 Å². The van der Waals surface area contributed by atoms with Gasteiger partial charge in [0.05, 0.1) is 24.5 Å². The Kier molecular flexibility index (Phi) is 4.25. The molecule has 2 heterocycles. The largest absolute Gasteiger partial charge is 0.394 e. The van der Waals surface area contributed by atoms with Crippen molar-refractivity contribution in [1.82, 2.24) is 14.7 Å². The number of aromatic nitrogens is 2. The maximum absolute atomic E-state index is 12.2. The quantitative estimate of drug-likeness (QED) is 0.815. The number of carbonyl (C=O) groups excluding carboxylic acids is 1. The van der Waals surface area contributed by atoms with Gasteiger partial charge >= 0.3 is 0 Å². The molecule has 1 fully saturated rings. The smallest absolute Gasteiger partial charge is 0.246 e. The van der Waals surface area contributed by atoms with E-state index in [1.807, 2.05) is 27.1 Å². The van der Waals surface area contributed by atoms with E-state index in [1.54, 1.807) is 21.9 Å². The third kappa shape index (κ3) is 3.68. The summed E-state index contributed by atoms with van der Waals surface area (Å²) in [4.78, 5) is 13.9. The van der Waals surface area contributed by atoms with Crippen molar-refractivity contribution in [2.24, 2.45) is 7.05 Å². The number of carbonyl (C=O) groups is 1. The lowest BCUT2D eigenvalue weighted by Crippen LogP contribution is -2.55. The van der Waals surface area contributed by atoms with Crippen LogP contribution in [-0.2, 0) is 16.6 Å². The zero-order chi connectivity index (χ0) is 14.8. The van der Waals surface area contributed by atoms with Crippen molar-refractivity contribution in [1.29, 1.82) is 0 Å². The standard InChI is InChI=1S/C14H21N3O3/c1-14(2)10-17(8-12(9-18)20-14)13(19)5-4-11-6-15-16(3)7-11/h4-7,12,18H,8-10H2,1-3H3/b5-4+. The van der Waals surface area contributed by atoms with Crippen molar-refractivity contribution in [3.05, 3.63) is 24.0 Å². The van der Waals surface area contributed by atoms with Crippen LogP contribution < -0.4 is 0 Å². The number of ether oxygens (including phenoxy) is 1. The molecule has 2 rings (SSSR count). The van der Waals surface area contributed by atoms with Gasteiger partial charge in [-0.2, -0.15) is 5.10 Å². The highest BCUT2D eigenvalue weighted by atomic mass is 16.5. The number of nitrogens with zero attached hydrogens (tertiary/aromatic N) is 3. The predicted octanol–water partition coefficient (Wildman–Crippen LogP) is 0.432. The van der Waals surface area contributed by atoms with Crippen LogP contribution in [0, 0.1) is 0 Å². The first-order valence-electron chi connectivity index (χ1n) is 6.64. The Morgan fingerprint density at radius 3 is 3.00 bits per heavy atom. The van der Waals surface area contributed by atoms with Crippen LogP contribution in [0.3, 0.4) is 0 Å². The average Bonchev–Trinajstić information content (AvgIpc) is 2.79. The molecule has 1 atom stereocenters. The third-order valence-corrected chi connectivity index (χ3v) is 3.14. The second kappa shape index (κ2) is 5.76. The summed E-state index contributed by atoms with van der Waals surface area (Å²) < 4.78 is 7.37. The molecule has 110 valence electrons. The van der Waals surface area contributed by atoms with E-state index in [2.05, 4.69) is 5.10 Å². The molecule has 0 aromatic carbocycles. The predicted molar refractivity (Wildman–Crippen MR) is 74.9 cm³/mol. The first-order chi connectivity index (χ1) is 9.39. The average molecular weight is 279 g/mol. The molecular weight excluding hydrogens is 258 g/mol. The lowest BCUT2D eigenvalue weighted by atomic mass is 10.1. The van der Waals surface area contributed by atoms with Crippen LogP contribution in [0.25, 0.3) is 6.08 Å². The minimum Gasteiger partial charge on any atom is -0.394 e.